The quantitative estimate of drug-likeness (QED) is 0.471. The number of benzene rings is 1. The summed E-state index contributed by atoms with van der Waals surface area (Å²) in [5.74, 6) is 0.500. The first-order valence-corrected chi connectivity index (χ1v) is 10.9. The Labute approximate surface area is 191 Å². The predicted octanol–water partition coefficient (Wildman–Crippen LogP) is 3.32. The van der Waals surface area contributed by atoms with E-state index in [0.717, 1.165) is 11.4 Å². The number of pyridine rings is 1. The van der Waals surface area contributed by atoms with Gasteiger partial charge in [0.05, 0.1) is 16.9 Å². The highest BCUT2D eigenvalue weighted by atomic mass is 16.5. The van der Waals surface area contributed by atoms with Crippen molar-refractivity contribution < 1.29 is 9.53 Å². The Bertz CT molecular complexity index is 1360. The molecule has 0 fully saturated rings. The Morgan fingerprint density at radius 2 is 1.88 bits per heavy atom. The van der Waals surface area contributed by atoms with Crippen LogP contribution in [0.1, 0.15) is 25.2 Å². The number of hydrogen-bond acceptors (Lipinski definition) is 5. The molecule has 0 aliphatic rings. The van der Waals surface area contributed by atoms with Crippen LogP contribution in [0.4, 0.5) is 0 Å². The van der Waals surface area contributed by atoms with E-state index in [2.05, 4.69) is 15.4 Å². The highest BCUT2D eigenvalue weighted by Gasteiger charge is 2.18. The number of nitrogens with zero attached hydrogens (tertiary/aromatic N) is 4. The van der Waals surface area contributed by atoms with E-state index in [9.17, 15) is 9.59 Å². The number of aromatic nitrogens is 4. The van der Waals surface area contributed by atoms with E-state index < -0.39 is 0 Å². The molecule has 4 rings (SSSR count). The molecule has 0 saturated carbocycles. The lowest BCUT2D eigenvalue weighted by Crippen LogP contribution is -2.32. The van der Waals surface area contributed by atoms with Gasteiger partial charge in [-0.2, -0.15) is 5.10 Å². The molecule has 0 aliphatic carbocycles. The van der Waals surface area contributed by atoms with Gasteiger partial charge in [0.1, 0.15) is 5.69 Å². The molecule has 3 aromatic heterocycles. The van der Waals surface area contributed by atoms with Crippen molar-refractivity contribution in [3.05, 3.63) is 76.5 Å². The van der Waals surface area contributed by atoms with Gasteiger partial charge < -0.3 is 10.1 Å². The molecule has 1 amide bonds. The molecule has 0 atom stereocenters. The highest BCUT2D eigenvalue weighted by Crippen LogP contribution is 2.24. The number of para-hydroxylation sites is 1. The Morgan fingerprint density at radius 1 is 1.12 bits per heavy atom. The molecule has 0 saturated heterocycles. The summed E-state index contributed by atoms with van der Waals surface area (Å²) in [7, 11) is 0. The van der Waals surface area contributed by atoms with Crippen LogP contribution >= 0.6 is 0 Å². The number of amides is 1. The maximum atomic E-state index is 13.4. The maximum absolute atomic E-state index is 13.4. The average molecular weight is 446 g/mol. The van der Waals surface area contributed by atoms with E-state index in [-0.39, 0.29) is 18.1 Å². The molecule has 0 spiro atoms. The first-order chi connectivity index (χ1) is 15.8. The van der Waals surface area contributed by atoms with Gasteiger partial charge in [-0.25, -0.2) is 9.67 Å². The average Bonchev–Trinajstić information content (AvgIpc) is 3.18. The fourth-order valence-electron chi connectivity index (χ4n) is 3.59. The van der Waals surface area contributed by atoms with Gasteiger partial charge in [-0.3, -0.25) is 14.0 Å². The summed E-state index contributed by atoms with van der Waals surface area (Å²) in [4.78, 5) is 30.1. The zero-order chi connectivity index (χ0) is 23.5. The van der Waals surface area contributed by atoms with Crippen molar-refractivity contribution in [3.63, 3.8) is 0 Å². The molecule has 170 valence electrons. The second kappa shape index (κ2) is 9.28. The summed E-state index contributed by atoms with van der Waals surface area (Å²) in [6, 6.07) is 15.0. The minimum absolute atomic E-state index is 0.149. The first-order valence-electron chi connectivity index (χ1n) is 10.9. The number of fused-ring (bicyclic) bond motifs is 1. The lowest BCUT2D eigenvalue weighted by Gasteiger charge is -2.12. The zero-order valence-electron chi connectivity index (χ0n) is 19.2. The number of ether oxygens (including phenoxy) is 1. The largest absolute Gasteiger partial charge is 0.480 e. The summed E-state index contributed by atoms with van der Waals surface area (Å²) in [5, 5.41) is 7.49. The normalized spacial score (nSPS) is 11.2. The fraction of sp³-hybridized carbons (Fsp3) is 0.280. The maximum Gasteiger partial charge on any atom is 0.267 e. The van der Waals surface area contributed by atoms with Crippen LogP contribution in [-0.4, -0.2) is 38.2 Å². The third-order valence-corrected chi connectivity index (χ3v) is 5.21. The van der Waals surface area contributed by atoms with Crippen molar-refractivity contribution in [2.75, 3.05) is 13.2 Å². The molecular weight excluding hydrogens is 418 g/mol. The standard InChI is InChI=1S/C25H27N5O3/c1-16(2)14-26-22(31)15-33-21-11-8-12-29-24(21)27-18(4)23(25(29)32)20-13-17(3)30(28-20)19-9-6-5-7-10-19/h5-13,16H,14-15H2,1-4H3,(H,26,31). The molecule has 0 unspecified atom stereocenters. The molecule has 1 aromatic carbocycles. The van der Waals surface area contributed by atoms with E-state index in [1.807, 2.05) is 57.2 Å². The monoisotopic (exact) mass is 445 g/mol. The van der Waals surface area contributed by atoms with Crippen LogP contribution in [0.3, 0.4) is 0 Å². The Morgan fingerprint density at radius 3 is 2.61 bits per heavy atom. The molecular formula is C25H27N5O3. The first kappa shape index (κ1) is 22.3. The van der Waals surface area contributed by atoms with Crippen LogP contribution in [0.5, 0.6) is 5.75 Å². The SMILES string of the molecule is Cc1nc2c(OCC(=O)NCC(C)C)cccn2c(=O)c1-c1cc(C)n(-c2ccccc2)n1. The number of carbonyl (C=O) groups is 1. The number of nitrogens with one attached hydrogen (secondary N) is 1. The van der Waals surface area contributed by atoms with Gasteiger partial charge >= 0.3 is 0 Å². The topological polar surface area (TPSA) is 90.5 Å². The zero-order valence-corrected chi connectivity index (χ0v) is 19.2. The predicted molar refractivity (Wildman–Crippen MR) is 127 cm³/mol. The number of rotatable bonds is 7. The van der Waals surface area contributed by atoms with Gasteiger partial charge in [-0.15, -0.1) is 0 Å². The Hall–Kier alpha value is -3.94. The summed E-state index contributed by atoms with van der Waals surface area (Å²) in [6.45, 7) is 8.19. The lowest BCUT2D eigenvalue weighted by atomic mass is 10.1. The molecule has 3 heterocycles. The smallest absolute Gasteiger partial charge is 0.267 e. The van der Waals surface area contributed by atoms with E-state index >= 15 is 0 Å². The van der Waals surface area contributed by atoms with Crippen LogP contribution < -0.4 is 15.6 Å². The van der Waals surface area contributed by atoms with Crippen molar-refractivity contribution >= 4 is 11.6 Å². The van der Waals surface area contributed by atoms with E-state index in [1.165, 1.54) is 4.40 Å². The van der Waals surface area contributed by atoms with Gasteiger partial charge in [0.25, 0.3) is 11.5 Å². The lowest BCUT2D eigenvalue weighted by molar-refractivity contribution is -0.123. The molecule has 8 nitrogen and oxygen atoms in total. The summed E-state index contributed by atoms with van der Waals surface area (Å²) in [5.41, 5.74) is 3.46. The molecule has 0 aliphatic heterocycles. The highest BCUT2D eigenvalue weighted by molar-refractivity contribution is 5.77. The van der Waals surface area contributed by atoms with Gasteiger partial charge in [0.2, 0.25) is 0 Å². The van der Waals surface area contributed by atoms with Crippen molar-refractivity contribution in [1.82, 2.24) is 24.5 Å². The van der Waals surface area contributed by atoms with Gasteiger partial charge in [-0.05, 0) is 50.1 Å². The van der Waals surface area contributed by atoms with Crippen molar-refractivity contribution in [2.24, 2.45) is 5.92 Å². The van der Waals surface area contributed by atoms with E-state index in [1.54, 1.807) is 29.9 Å². The van der Waals surface area contributed by atoms with Gasteiger partial charge in [-0.1, -0.05) is 32.0 Å². The molecule has 4 aromatic rings. The Balaban J connectivity index is 1.69. The summed E-state index contributed by atoms with van der Waals surface area (Å²) >= 11 is 0. The third kappa shape index (κ3) is 4.64. The summed E-state index contributed by atoms with van der Waals surface area (Å²) < 4.78 is 8.93. The van der Waals surface area contributed by atoms with Crippen molar-refractivity contribution in [2.45, 2.75) is 27.7 Å². The molecule has 8 heteroatoms. The van der Waals surface area contributed by atoms with Gasteiger partial charge in [0.15, 0.2) is 18.0 Å². The Kier molecular flexibility index (Phi) is 6.26. The fourth-order valence-corrected chi connectivity index (χ4v) is 3.59. The number of aryl methyl sites for hydroxylation is 2. The minimum atomic E-state index is -0.245. The molecule has 0 bridgehead atoms. The van der Waals surface area contributed by atoms with Crippen LogP contribution in [0.25, 0.3) is 22.6 Å². The van der Waals surface area contributed by atoms with Crippen LogP contribution in [0.2, 0.25) is 0 Å². The molecule has 1 N–H and O–H groups in total. The molecule has 0 radical (unpaired) electrons. The second-order valence-corrected chi connectivity index (χ2v) is 8.35. The number of hydrogen-bond donors (Lipinski definition) is 1. The molecule has 33 heavy (non-hydrogen) atoms. The van der Waals surface area contributed by atoms with Gasteiger partial charge in [0, 0.05) is 18.4 Å². The van der Waals surface area contributed by atoms with Crippen molar-refractivity contribution in [3.8, 4) is 22.7 Å². The third-order valence-electron chi connectivity index (χ3n) is 5.21. The van der Waals surface area contributed by atoms with E-state index in [4.69, 9.17) is 4.74 Å². The van der Waals surface area contributed by atoms with Crippen molar-refractivity contribution in [1.29, 1.82) is 0 Å². The minimum Gasteiger partial charge on any atom is -0.480 e. The van der Waals surface area contributed by atoms with Crippen LogP contribution in [0, 0.1) is 19.8 Å². The summed E-state index contributed by atoms with van der Waals surface area (Å²) in [6.07, 6.45) is 1.64. The second-order valence-electron chi connectivity index (χ2n) is 8.35. The number of carbonyl (C=O) groups excluding carboxylic acids is 1. The van der Waals surface area contributed by atoms with E-state index in [0.29, 0.717) is 40.8 Å². The van der Waals surface area contributed by atoms with Crippen LogP contribution in [0.15, 0.2) is 59.5 Å². The van der Waals surface area contributed by atoms with Crippen LogP contribution in [-0.2, 0) is 4.79 Å².